The van der Waals surface area contributed by atoms with E-state index in [0.29, 0.717) is 0 Å². The van der Waals surface area contributed by atoms with Crippen LogP contribution in [0.1, 0.15) is 55.2 Å². The van der Waals surface area contributed by atoms with Gasteiger partial charge in [-0.25, -0.2) is 4.39 Å². The molecule has 0 radical (unpaired) electrons. The van der Waals surface area contributed by atoms with Gasteiger partial charge in [-0.1, -0.05) is 6.92 Å². The van der Waals surface area contributed by atoms with Crippen molar-refractivity contribution in [1.82, 2.24) is 4.98 Å². The van der Waals surface area contributed by atoms with Gasteiger partial charge in [0.05, 0.1) is 22.7 Å². The third-order valence-electron chi connectivity index (χ3n) is 6.78. The Hall–Kier alpha value is -3.47. The summed E-state index contributed by atoms with van der Waals surface area (Å²) in [5.41, 5.74) is 0.429. The number of carbonyl (C=O) groups excluding carboxylic acids is 1. The van der Waals surface area contributed by atoms with Gasteiger partial charge in [0.15, 0.2) is 0 Å². The summed E-state index contributed by atoms with van der Waals surface area (Å²) in [6.45, 7) is 1.81. The van der Waals surface area contributed by atoms with Crippen molar-refractivity contribution in [2.45, 2.75) is 44.7 Å². The van der Waals surface area contributed by atoms with E-state index in [1.165, 1.54) is 18.2 Å². The quantitative estimate of drug-likeness (QED) is 0.427. The molecule has 2 aromatic carbocycles. The molecule has 3 aromatic rings. The maximum absolute atomic E-state index is 13.8. The molecule has 1 heterocycles. The fraction of sp³-hybridized carbons (Fsp3) is 0.346. The van der Waals surface area contributed by atoms with E-state index < -0.39 is 17.3 Å². The molecule has 0 saturated heterocycles. The van der Waals surface area contributed by atoms with Crippen LogP contribution in [-0.2, 0) is 11.0 Å². The molecule has 4 nitrogen and oxygen atoms in total. The first kappa shape index (κ1) is 23.7. The van der Waals surface area contributed by atoms with Crippen LogP contribution >= 0.6 is 0 Å². The average molecular weight is 469 g/mol. The normalized spacial score (nSPS) is 19.4. The van der Waals surface area contributed by atoms with E-state index in [1.807, 2.05) is 13.0 Å². The van der Waals surface area contributed by atoms with E-state index in [2.05, 4.69) is 10.3 Å². The number of carbonyl (C=O) groups is 1. The summed E-state index contributed by atoms with van der Waals surface area (Å²) >= 11 is 0. The predicted molar refractivity (Wildman–Crippen MR) is 120 cm³/mol. The highest BCUT2D eigenvalue weighted by molar-refractivity contribution is 5.92. The van der Waals surface area contributed by atoms with Crippen molar-refractivity contribution in [2.24, 2.45) is 11.8 Å². The second-order valence-electron chi connectivity index (χ2n) is 8.82. The van der Waals surface area contributed by atoms with Crippen LogP contribution in [0.15, 0.2) is 48.7 Å². The largest absolute Gasteiger partial charge is 0.417 e. The molecule has 0 bridgehead atoms. The lowest BCUT2D eigenvalue weighted by Crippen LogP contribution is -2.29. The van der Waals surface area contributed by atoms with Crippen molar-refractivity contribution >= 4 is 22.5 Å². The fourth-order valence-electron chi connectivity index (χ4n) is 4.86. The number of anilines is 1. The Morgan fingerprint density at radius 1 is 1.12 bits per heavy atom. The van der Waals surface area contributed by atoms with Gasteiger partial charge in [-0.2, -0.15) is 18.4 Å². The second kappa shape index (κ2) is 9.41. The van der Waals surface area contributed by atoms with Crippen LogP contribution in [0, 0.1) is 29.0 Å². The minimum Gasteiger partial charge on any atom is -0.326 e. The first-order valence-electron chi connectivity index (χ1n) is 11.1. The van der Waals surface area contributed by atoms with Gasteiger partial charge in [0.2, 0.25) is 5.91 Å². The molecule has 8 heteroatoms. The first-order chi connectivity index (χ1) is 16.2. The number of nitriles is 1. The van der Waals surface area contributed by atoms with Crippen molar-refractivity contribution in [3.05, 3.63) is 71.2 Å². The number of rotatable bonds is 4. The minimum atomic E-state index is -4.63. The molecule has 0 aliphatic heterocycles. The third-order valence-corrected chi connectivity index (χ3v) is 6.78. The molecule has 1 saturated carbocycles. The van der Waals surface area contributed by atoms with Gasteiger partial charge in [0, 0.05) is 23.2 Å². The van der Waals surface area contributed by atoms with Crippen molar-refractivity contribution in [2.75, 3.05) is 5.32 Å². The van der Waals surface area contributed by atoms with Gasteiger partial charge in [-0.05, 0) is 85.5 Å². The number of fused-ring (bicyclic) bond motifs is 1. The number of hydrogen-bond donors (Lipinski definition) is 1. The highest BCUT2D eigenvalue weighted by Crippen LogP contribution is 2.41. The molecule has 176 valence electrons. The Kier molecular flexibility index (Phi) is 6.56. The molecule has 1 aliphatic carbocycles. The summed E-state index contributed by atoms with van der Waals surface area (Å²) in [4.78, 5) is 17.1. The summed E-state index contributed by atoms with van der Waals surface area (Å²) in [7, 11) is 0. The molecule has 34 heavy (non-hydrogen) atoms. The molecule has 1 amide bonds. The summed E-state index contributed by atoms with van der Waals surface area (Å²) in [5, 5.41) is 12.5. The number of pyridine rings is 1. The van der Waals surface area contributed by atoms with Crippen LogP contribution in [0.3, 0.4) is 0 Å². The summed E-state index contributed by atoms with van der Waals surface area (Å²) in [6, 6.07) is 11.1. The number of alkyl halides is 3. The lowest BCUT2D eigenvalue weighted by atomic mass is 9.73. The Bertz CT molecular complexity index is 1260. The van der Waals surface area contributed by atoms with E-state index in [4.69, 9.17) is 5.26 Å². The molecular weight excluding hydrogens is 446 g/mol. The smallest absolute Gasteiger partial charge is 0.326 e. The number of benzene rings is 2. The number of hydrogen-bond acceptors (Lipinski definition) is 3. The van der Waals surface area contributed by atoms with Crippen molar-refractivity contribution in [3.63, 3.8) is 0 Å². The Balaban J connectivity index is 1.41. The predicted octanol–water partition coefficient (Wildman–Crippen LogP) is 6.81. The Morgan fingerprint density at radius 3 is 2.53 bits per heavy atom. The lowest BCUT2D eigenvalue weighted by Gasteiger charge is -2.32. The Labute approximate surface area is 194 Å². The zero-order valence-electron chi connectivity index (χ0n) is 18.5. The van der Waals surface area contributed by atoms with E-state index >= 15 is 0 Å². The zero-order chi connectivity index (χ0) is 24.5. The number of amides is 1. The van der Waals surface area contributed by atoms with Gasteiger partial charge in [0.1, 0.15) is 5.82 Å². The maximum Gasteiger partial charge on any atom is 0.417 e. The molecule has 1 aromatic heterocycles. The van der Waals surface area contributed by atoms with Crippen molar-refractivity contribution < 1.29 is 22.4 Å². The van der Waals surface area contributed by atoms with Crippen LogP contribution in [0.4, 0.5) is 23.2 Å². The first-order valence-corrected chi connectivity index (χ1v) is 11.1. The molecule has 1 unspecified atom stereocenters. The SMILES string of the molecule is CC(C(=O)Nc1ccc(C(F)(F)F)c(C#N)c1)C1CCC(c2ccnc3ccc(F)cc23)CC1. The molecular formula is C26H23F4N3O. The molecule has 0 spiro atoms. The molecule has 4 rings (SSSR count). The number of nitrogens with zero attached hydrogens (tertiary/aromatic N) is 2. The van der Waals surface area contributed by atoms with E-state index in [1.54, 1.807) is 18.3 Å². The van der Waals surface area contributed by atoms with E-state index in [9.17, 15) is 22.4 Å². The van der Waals surface area contributed by atoms with Crippen LogP contribution in [0.2, 0.25) is 0 Å². The number of nitrogens with one attached hydrogen (secondary N) is 1. The van der Waals surface area contributed by atoms with Gasteiger partial charge < -0.3 is 5.32 Å². The van der Waals surface area contributed by atoms with Gasteiger partial charge >= 0.3 is 6.18 Å². The van der Waals surface area contributed by atoms with Crippen molar-refractivity contribution in [3.8, 4) is 6.07 Å². The summed E-state index contributed by atoms with van der Waals surface area (Å²) < 4.78 is 52.8. The van der Waals surface area contributed by atoms with Crippen molar-refractivity contribution in [1.29, 1.82) is 5.26 Å². The fourth-order valence-corrected chi connectivity index (χ4v) is 4.86. The highest BCUT2D eigenvalue weighted by atomic mass is 19.4. The van der Waals surface area contributed by atoms with Crippen LogP contribution in [0.25, 0.3) is 10.9 Å². The third kappa shape index (κ3) is 4.89. The van der Waals surface area contributed by atoms with Crippen LogP contribution < -0.4 is 5.32 Å². The number of halogens is 4. The second-order valence-corrected chi connectivity index (χ2v) is 8.82. The zero-order valence-corrected chi connectivity index (χ0v) is 18.5. The minimum absolute atomic E-state index is 0.117. The summed E-state index contributed by atoms with van der Waals surface area (Å²) in [6.07, 6.45) is 0.389. The standard InChI is InChI=1S/C26H23F4N3O/c1-15(25(34)33-20-7-8-23(26(28,29)30)18(12-20)14-31)16-2-4-17(5-3-16)21-10-11-32-24-9-6-19(27)13-22(21)24/h6-13,15-17H,2-5H2,1H3,(H,33,34). The van der Waals surface area contributed by atoms with Crippen LogP contribution in [-0.4, -0.2) is 10.9 Å². The topological polar surface area (TPSA) is 65.8 Å². The van der Waals surface area contributed by atoms with Crippen LogP contribution in [0.5, 0.6) is 0 Å². The molecule has 1 atom stereocenters. The molecule has 1 fully saturated rings. The average Bonchev–Trinajstić information content (AvgIpc) is 2.82. The van der Waals surface area contributed by atoms with Gasteiger partial charge in [0.25, 0.3) is 0 Å². The molecule has 1 N–H and O–H groups in total. The summed E-state index contributed by atoms with van der Waals surface area (Å²) in [5.74, 6) is -0.578. The lowest BCUT2D eigenvalue weighted by molar-refractivity contribution is -0.137. The Morgan fingerprint density at radius 2 is 1.85 bits per heavy atom. The maximum atomic E-state index is 13.8. The van der Waals surface area contributed by atoms with Gasteiger partial charge in [-0.15, -0.1) is 0 Å². The van der Waals surface area contributed by atoms with E-state index in [-0.39, 0.29) is 35.2 Å². The van der Waals surface area contributed by atoms with E-state index in [0.717, 1.165) is 54.3 Å². The van der Waals surface area contributed by atoms with Gasteiger partial charge in [-0.3, -0.25) is 9.78 Å². The molecule has 1 aliphatic rings. The highest BCUT2D eigenvalue weighted by Gasteiger charge is 2.34. The number of aromatic nitrogens is 1. The monoisotopic (exact) mass is 469 g/mol.